The number of hydrogen-bond acceptors (Lipinski definition) is 1. The first-order chi connectivity index (χ1) is 7.04. The van der Waals surface area contributed by atoms with Gasteiger partial charge in [0.15, 0.2) is 0 Å². The summed E-state index contributed by atoms with van der Waals surface area (Å²) in [5, 5.41) is 8.77. The fraction of sp³-hybridized carbons (Fsp3) is 0.417. The average molecular weight is 271 g/mol. The molecule has 0 saturated heterocycles. The van der Waals surface area contributed by atoms with Gasteiger partial charge in [0.25, 0.3) is 0 Å². The van der Waals surface area contributed by atoms with E-state index in [1.165, 1.54) is 5.56 Å². The van der Waals surface area contributed by atoms with Crippen molar-refractivity contribution in [2.45, 2.75) is 32.6 Å². The molecule has 0 fully saturated rings. The van der Waals surface area contributed by atoms with Gasteiger partial charge >= 0.3 is 5.97 Å². The average Bonchev–Trinajstić information content (AvgIpc) is 2.16. The molecule has 1 unspecified atom stereocenters. The highest BCUT2D eigenvalue weighted by Crippen LogP contribution is 2.26. The molecule has 15 heavy (non-hydrogen) atoms. The summed E-state index contributed by atoms with van der Waals surface area (Å²) in [5.41, 5.74) is 2.36. The van der Waals surface area contributed by atoms with Crippen molar-refractivity contribution in [2.75, 3.05) is 0 Å². The minimum Gasteiger partial charge on any atom is -0.481 e. The predicted molar refractivity (Wildman–Crippen MR) is 64.2 cm³/mol. The SMILES string of the molecule is CCc1ccc(Br)cc1C(C)CC(=O)O. The molecule has 3 heteroatoms. The summed E-state index contributed by atoms with van der Waals surface area (Å²) in [6, 6.07) is 6.07. The van der Waals surface area contributed by atoms with E-state index >= 15 is 0 Å². The fourth-order valence-corrected chi connectivity index (χ4v) is 2.10. The molecule has 1 rings (SSSR count). The third-order valence-electron chi connectivity index (χ3n) is 2.50. The van der Waals surface area contributed by atoms with Crippen molar-refractivity contribution in [3.8, 4) is 0 Å². The van der Waals surface area contributed by atoms with E-state index in [1.54, 1.807) is 0 Å². The third kappa shape index (κ3) is 3.34. The molecule has 0 aliphatic rings. The van der Waals surface area contributed by atoms with E-state index < -0.39 is 5.97 Å². The van der Waals surface area contributed by atoms with E-state index in [0.29, 0.717) is 0 Å². The maximum Gasteiger partial charge on any atom is 0.303 e. The van der Waals surface area contributed by atoms with Crippen LogP contribution in [0.25, 0.3) is 0 Å². The zero-order valence-electron chi connectivity index (χ0n) is 8.96. The standard InChI is InChI=1S/C12H15BrO2/c1-3-9-4-5-10(13)7-11(9)8(2)6-12(14)15/h4-5,7-8H,3,6H2,1-2H3,(H,14,15). The van der Waals surface area contributed by atoms with E-state index in [9.17, 15) is 4.79 Å². The zero-order valence-corrected chi connectivity index (χ0v) is 10.5. The summed E-state index contributed by atoms with van der Waals surface area (Å²) in [4.78, 5) is 10.7. The van der Waals surface area contributed by atoms with Crippen LogP contribution in [0.1, 0.15) is 37.3 Å². The number of aryl methyl sites for hydroxylation is 1. The molecule has 0 amide bonds. The molecule has 2 nitrogen and oxygen atoms in total. The first kappa shape index (κ1) is 12.2. The Labute approximate surface area is 98.4 Å². The van der Waals surface area contributed by atoms with Gasteiger partial charge in [-0.3, -0.25) is 4.79 Å². The Morgan fingerprint density at radius 3 is 2.73 bits per heavy atom. The van der Waals surface area contributed by atoms with E-state index in [-0.39, 0.29) is 12.3 Å². The second kappa shape index (κ2) is 5.31. The summed E-state index contributed by atoms with van der Waals surface area (Å²) in [7, 11) is 0. The maximum atomic E-state index is 10.7. The molecule has 0 radical (unpaired) electrons. The quantitative estimate of drug-likeness (QED) is 0.908. The first-order valence-electron chi connectivity index (χ1n) is 5.04. The van der Waals surface area contributed by atoms with Crippen LogP contribution < -0.4 is 0 Å². The lowest BCUT2D eigenvalue weighted by atomic mass is 9.92. The number of benzene rings is 1. The summed E-state index contributed by atoms with van der Waals surface area (Å²) in [6.07, 6.45) is 1.12. The highest BCUT2D eigenvalue weighted by molar-refractivity contribution is 9.10. The van der Waals surface area contributed by atoms with Crippen LogP contribution in [0.4, 0.5) is 0 Å². The van der Waals surface area contributed by atoms with E-state index in [1.807, 2.05) is 19.1 Å². The molecule has 0 aliphatic heterocycles. The number of aliphatic carboxylic acids is 1. The summed E-state index contributed by atoms with van der Waals surface area (Å²) >= 11 is 3.41. The number of rotatable bonds is 4. The Kier molecular flexibility index (Phi) is 4.33. The van der Waals surface area contributed by atoms with Crippen molar-refractivity contribution in [3.63, 3.8) is 0 Å². The topological polar surface area (TPSA) is 37.3 Å². The van der Waals surface area contributed by atoms with Gasteiger partial charge in [0.1, 0.15) is 0 Å². The smallest absolute Gasteiger partial charge is 0.303 e. The summed E-state index contributed by atoms with van der Waals surface area (Å²) < 4.78 is 1.01. The Balaban J connectivity index is 2.99. The molecule has 82 valence electrons. The van der Waals surface area contributed by atoms with Crippen LogP contribution in [0.5, 0.6) is 0 Å². The minimum atomic E-state index is -0.746. The molecular weight excluding hydrogens is 256 g/mol. The van der Waals surface area contributed by atoms with Gasteiger partial charge in [-0.15, -0.1) is 0 Å². The van der Waals surface area contributed by atoms with E-state index in [4.69, 9.17) is 5.11 Å². The van der Waals surface area contributed by atoms with Gasteiger partial charge in [0, 0.05) is 4.47 Å². The van der Waals surface area contributed by atoms with Crippen LogP contribution in [0.3, 0.4) is 0 Å². The van der Waals surface area contributed by atoms with Crippen LogP contribution in [-0.4, -0.2) is 11.1 Å². The number of carbonyl (C=O) groups is 1. The van der Waals surface area contributed by atoms with Gasteiger partial charge in [-0.2, -0.15) is 0 Å². The lowest BCUT2D eigenvalue weighted by molar-refractivity contribution is -0.137. The lowest BCUT2D eigenvalue weighted by Gasteiger charge is -2.14. The van der Waals surface area contributed by atoms with Crippen LogP contribution in [-0.2, 0) is 11.2 Å². The summed E-state index contributed by atoms with van der Waals surface area (Å²) in [6.45, 7) is 4.04. The highest BCUT2D eigenvalue weighted by Gasteiger charge is 2.13. The minimum absolute atomic E-state index is 0.0648. The number of halogens is 1. The Morgan fingerprint density at radius 2 is 2.20 bits per heavy atom. The van der Waals surface area contributed by atoms with Gasteiger partial charge in [-0.05, 0) is 35.6 Å². The largest absolute Gasteiger partial charge is 0.481 e. The number of hydrogen-bond donors (Lipinski definition) is 1. The second-order valence-corrected chi connectivity index (χ2v) is 4.61. The fourth-order valence-electron chi connectivity index (χ4n) is 1.72. The molecule has 0 saturated carbocycles. The van der Waals surface area contributed by atoms with E-state index in [0.717, 1.165) is 16.5 Å². The lowest BCUT2D eigenvalue weighted by Crippen LogP contribution is -2.05. The molecular formula is C12H15BrO2. The van der Waals surface area contributed by atoms with Crippen molar-refractivity contribution < 1.29 is 9.90 Å². The Bertz CT molecular complexity index is 361. The van der Waals surface area contributed by atoms with Crippen molar-refractivity contribution >= 4 is 21.9 Å². The predicted octanol–water partition coefficient (Wildman–Crippen LogP) is 3.59. The van der Waals surface area contributed by atoms with Crippen molar-refractivity contribution in [3.05, 3.63) is 33.8 Å². The Morgan fingerprint density at radius 1 is 1.53 bits per heavy atom. The van der Waals surface area contributed by atoms with Crippen molar-refractivity contribution in [1.82, 2.24) is 0 Å². The molecule has 0 heterocycles. The Hall–Kier alpha value is -0.830. The summed E-state index contributed by atoms with van der Waals surface area (Å²) in [5.74, 6) is -0.681. The van der Waals surface area contributed by atoms with Crippen LogP contribution in [0, 0.1) is 0 Å². The number of carboxylic acid groups (broad SMARTS) is 1. The van der Waals surface area contributed by atoms with Gasteiger partial charge in [-0.1, -0.05) is 35.8 Å². The van der Waals surface area contributed by atoms with Crippen LogP contribution in [0.15, 0.2) is 22.7 Å². The van der Waals surface area contributed by atoms with Crippen LogP contribution >= 0.6 is 15.9 Å². The molecule has 1 atom stereocenters. The van der Waals surface area contributed by atoms with Gasteiger partial charge in [0.05, 0.1) is 6.42 Å². The molecule has 0 aromatic heterocycles. The van der Waals surface area contributed by atoms with Gasteiger partial charge in [-0.25, -0.2) is 0 Å². The van der Waals surface area contributed by atoms with E-state index in [2.05, 4.69) is 28.9 Å². The monoisotopic (exact) mass is 270 g/mol. The molecule has 0 bridgehead atoms. The molecule has 1 N–H and O–H groups in total. The molecule has 0 aliphatic carbocycles. The van der Waals surface area contributed by atoms with Gasteiger partial charge < -0.3 is 5.11 Å². The molecule has 1 aromatic rings. The highest BCUT2D eigenvalue weighted by atomic mass is 79.9. The maximum absolute atomic E-state index is 10.7. The zero-order chi connectivity index (χ0) is 11.4. The van der Waals surface area contributed by atoms with Crippen molar-refractivity contribution in [2.24, 2.45) is 0 Å². The first-order valence-corrected chi connectivity index (χ1v) is 5.84. The third-order valence-corrected chi connectivity index (χ3v) is 2.99. The molecule has 1 aromatic carbocycles. The van der Waals surface area contributed by atoms with Gasteiger partial charge in [0.2, 0.25) is 0 Å². The normalized spacial score (nSPS) is 12.5. The molecule has 0 spiro atoms. The van der Waals surface area contributed by atoms with Crippen molar-refractivity contribution in [1.29, 1.82) is 0 Å². The van der Waals surface area contributed by atoms with Crippen LogP contribution in [0.2, 0.25) is 0 Å². The second-order valence-electron chi connectivity index (χ2n) is 3.70. The number of carboxylic acids is 1.